The lowest BCUT2D eigenvalue weighted by Crippen LogP contribution is -2.09. The number of hydrogen-bond donors (Lipinski definition) is 0. The van der Waals surface area contributed by atoms with E-state index in [0.717, 1.165) is 34.1 Å². The average molecular weight is 647 g/mol. The van der Waals surface area contributed by atoms with Crippen LogP contribution in [-0.2, 0) is 0 Å². The molecule has 0 aliphatic heterocycles. The number of benzene rings is 8. The van der Waals surface area contributed by atoms with Crippen LogP contribution in [-0.4, -0.2) is 0 Å². The Bertz CT molecular complexity index is 2610. The number of fused-ring (bicyclic) bond motifs is 8. The maximum absolute atomic E-state index is 2.38. The van der Waals surface area contributed by atoms with Gasteiger partial charge in [0.1, 0.15) is 0 Å². The van der Waals surface area contributed by atoms with E-state index < -0.39 is 0 Å². The molecule has 0 saturated heterocycles. The molecule has 8 aromatic carbocycles. The number of aryl methyl sites for hydroxylation is 2. The normalized spacial score (nSPS) is 11.5. The van der Waals surface area contributed by atoms with Crippen molar-refractivity contribution < 1.29 is 0 Å². The smallest absolute Gasteiger partial charge is 0.0476 e. The maximum Gasteiger partial charge on any atom is 0.0476 e. The molecule has 3 heteroatoms. The second-order valence-electron chi connectivity index (χ2n) is 12.8. The van der Waals surface area contributed by atoms with E-state index in [1.165, 1.54) is 52.8 Å². The summed E-state index contributed by atoms with van der Waals surface area (Å²) >= 11 is 1.90. The van der Waals surface area contributed by atoms with Gasteiger partial charge in [-0.2, -0.15) is 0 Å². The van der Waals surface area contributed by atoms with Crippen molar-refractivity contribution in [2.45, 2.75) is 13.8 Å². The molecule has 9 rings (SSSR count). The van der Waals surface area contributed by atoms with E-state index in [1.807, 2.05) is 11.3 Å². The van der Waals surface area contributed by atoms with Crippen LogP contribution in [0.2, 0.25) is 0 Å². The molecule has 2 nitrogen and oxygen atoms in total. The van der Waals surface area contributed by atoms with Gasteiger partial charge in [-0.1, -0.05) is 108 Å². The summed E-state index contributed by atoms with van der Waals surface area (Å²) in [6.45, 7) is 4.28. The van der Waals surface area contributed by atoms with Crippen molar-refractivity contribution in [3.8, 4) is 0 Å². The van der Waals surface area contributed by atoms with Crippen molar-refractivity contribution in [3.05, 3.63) is 181 Å². The van der Waals surface area contributed by atoms with Gasteiger partial charge in [0.2, 0.25) is 0 Å². The molecular formula is C46H34N2S. The van der Waals surface area contributed by atoms with E-state index in [1.54, 1.807) is 0 Å². The van der Waals surface area contributed by atoms with E-state index >= 15 is 0 Å². The van der Waals surface area contributed by atoms with Gasteiger partial charge < -0.3 is 9.80 Å². The number of hydrogen-bond acceptors (Lipinski definition) is 3. The zero-order valence-electron chi connectivity index (χ0n) is 27.5. The maximum atomic E-state index is 2.38. The molecule has 1 aromatic heterocycles. The number of nitrogens with zero attached hydrogens (tertiary/aromatic N) is 2. The Labute approximate surface area is 290 Å². The third kappa shape index (κ3) is 5.11. The highest BCUT2D eigenvalue weighted by Crippen LogP contribution is 2.47. The van der Waals surface area contributed by atoms with Gasteiger partial charge in [-0.15, -0.1) is 11.3 Å². The second-order valence-corrected chi connectivity index (χ2v) is 13.8. The number of rotatable bonds is 6. The molecule has 0 fully saturated rings. The van der Waals surface area contributed by atoms with Crippen LogP contribution >= 0.6 is 11.3 Å². The summed E-state index contributed by atoms with van der Waals surface area (Å²) in [7, 11) is 0. The van der Waals surface area contributed by atoms with E-state index in [9.17, 15) is 0 Å². The van der Waals surface area contributed by atoms with Gasteiger partial charge in [0.25, 0.3) is 0 Å². The summed E-state index contributed by atoms with van der Waals surface area (Å²) < 4.78 is 2.61. The number of thiophene rings is 1. The molecule has 49 heavy (non-hydrogen) atoms. The van der Waals surface area contributed by atoms with Crippen molar-refractivity contribution in [1.29, 1.82) is 0 Å². The first kappa shape index (κ1) is 29.3. The fourth-order valence-corrected chi connectivity index (χ4v) is 8.44. The first-order chi connectivity index (χ1) is 24.1. The highest BCUT2D eigenvalue weighted by atomic mass is 32.1. The Morgan fingerprint density at radius 1 is 0.347 bits per heavy atom. The highest BCUT2D eigenvalue weighted by Gasteiger charge is 2.19. The molecule has 0 amide bonds. The molecule has 0 saturated carbocycles. The fourth-order valence-electron chi connectivity index (χ4n) is 7.15. The molecule has 0 radical (unpaired) electrons. The molecule has 0 unspecified atom stereocenters. The molecule has 9 aromatic rings. The molecule has 0 atom stereocenters. The van der Waals surface area contributed by atoms with E-state index in [-0.39, 0.29) is 0 Å². The van der Waals surface area contributed by atoms with Gasteiger partial charge in [0.15, 0.2) is 0 Å². The highest BCUT2D eigenvalue weighted by molar-refractivity contribution is 7.27. The van der Waals surface area contributed by atoms with Gasteiger partial charge in [0.05, 0.1) is 0 Å². The summed E-state index contributed by atoms with van der Waals surface area (Å²) in [5.41, 5.74) is 9.39. The van der Waals surface area contributed by atoms with Gasteiger partial charge in [-0.3, -0.25) is 0 Å². The molecule has 0 aliphatic rings. The van der Waals surface area contributed by atoms with Crippen LogP contribution in [0.5, 0.6) is 0 Å². The predicted octanol–water partition coefficient (Wildman–Crippen LogP) is 13.9. The first-order valence-corrected chi connectivity index (χ1v) is 17.6. The monoisotopic (exact) mass is 646 g/mol. The molecular weight excluding hydrogens is 613 g/mol. The Balaban J connectivity index is 1.26. The van der Waals surface area contributed by atoms with E-state index in [2.05, 4.69) is 194 Å². The minimum atomic E-state index is 1.14. The molecule has 1 heterocycles. The van der Waals surface area contributed by atoms with Gasteiger partial charge in [0, 0.05) is 59.7 Å². The summed E-state index contributed by atoms with van der Waals surface area (Å²) in [6, 6.07) is 61.8. The summed E-state index contributed by atoms with van der Waals surface area (Å²) in [5, 5.41) is 7.76. The van der Waals surface area contributed by atoms with Gasteiger partial charge in [-0.05, 0) is 103 Å². The van der Waals surface area contributed by atoms with Crippen molar-refractivity contribution in [2.75, 3.05) is 9.80 Å². The third-order valence-corrected chi connectivity index (χ3v) is 10.7. The lowest BCUT2D eigenvalue weighted by atomic mass is 9.96. The molecule has 0 bridgehead atoms. The minimum absolute atomic E-state index is 1.14. The quantitative estimate of drug-likeness (QED) is 0.166. The largest absolute Gasteiger partial charge is 0.310 e. The topological polar surface area (TPSA) is 6.48 Å². The van der Waals surface area contributed by atoms with Crippen LogP contribution in [0.1, 0.15) is 11.1 Å². The van der Waals surface area contributed by atoms with Crippen molar-refractivity contribution >= 4 is 87.2 Å². The Hall–Kier alpha value is -5.90. The van der Waals surface area contributed by atoms with Crippen LogP contribution in [0.3, 0.4) is 0 Å². The van der Waals surface area contributed by atoms with Crippen LogP contribution in [0.15, 0.2) is 170 Å². The van der Waals surface area contributed by atoms with E-state index in [0.29, 0.717) is 0 Å². The predicted molar refractivity (Wildman–Crippen MR) is 213 cm³/mol. The molecule has 234 valence electrons. The fraction of sp³-hybridized carbons (Fsp3) is 0.0435. The average Bonchev–Trinajstić information content (AvgIpc) is 3.54. The van der Waals surface area contributed by atoms with Crippen LogP contribution in [0.4, 0.5) is 34.1 Å². The number of anilines is 6. The third-order valence-electron chi connectivity index (χ3n) is 9.54. The van der Waals surface area contributed by atoms with Crippen molar-refractivity contribution in [2.24, 2.45) is 0 Å². The van der Waals surface area contributed by atoms with Crippen molar-refractivity contribution in [1.82, 2.24) is 0 Å². The van der Waals surface area contributed by atoms with E-state index in [4.69, 9.17) is 0 Å². The Morgan fingerprint density at radius 2 is 0.796 bits per heavy atom. The first-order valence-electron chi connectivity index (χ1n) is 16.8. The van der Waals surface area contributed by atoms with Crippen LogP contribution in [0, 0.1) is 13.8 Å². The van der Waals surface area contributed by atoms with Crippen molar-refractivity contribution in [3.63, 3.8) is 0 Å². The zero-order valence-corrected chi connectivity index (χ0v) is 28.3. The molecule has 0 spiro atoms. The van der Waals surface area contributed by atoms with Crippen LogP contribution in [0.25, 0.3) is 41.7 Å². The molecule has 0 aliphatic carbocycles. The summed E-state index contributed by atoms with van der Waals surface area (Å²) in [4.78, 5) is 4.72. The van der Waals surface area contributed by atoms with Gasteiger partial charge >= 0.3 is 0 Å². The lowest BCUT2D eigenvalue weighted by Gasteiger charge is -2.26. The Morgan fingerprint density at radius 3 is 1.37 bits per heavy atom. The standard InChI is InChI=1S/C46H34N2S/c1-31-17-21-35(22-18-31)47(33-11-5-3-6-12-33)37-25-27-41-43(29-37)39-15-9-10-16-40(39)45-42-28-26-38(30-44(42)49-46(41)45)48(34-13-7-4-8-14-34)36-23-19-32(2)20-24-36/h3-30H,1-2H3. The summed E-state index contributed by atoms with van der Waals surface area (Å²) in [5.74, 6) is 0. The minimum Gasteiger partial charge on any atom is -0.310 e. The summed E-state index contributed by atoms with van der Waals surface area (Å²) in [6.07, 6.45) is 0. The Kier molecular flexibility index (Phi) is 7.14. The lowest BCUT2D eigenvalue weighted by molar-refractivity contribution is 1.28. The van der Waals surface area contributed by atoms with Crippen LogP contribution < -0.4 is 9.80 Å². The molecule has 0 N–H and O–H groups in total. The van der Waals surface area contributed by atoms with Gasteiger partial charge in [-0.25, -0.2) is 0 Å². The zero-order chi connectivity index (χ0) is 32.9. The second kappa shape index (κ2) is 12.0. The SMILES string of the molecule is Cc1ccc(N(c2ccccc2)c2ccc3c(c2)sc2c4ccc(N(c5ccccc5)c5ccc(C)cc5)cc4c4ccccc4c32)cc1. The number of para-hydroxylation sites is 2.